The van der Waals surface area contributed by atoms with Crippen molar-refractivity contribution in [2.45, 2.75) is 236 Å². The van der Waals surface area contributed by atoms with E-state index in [-0.39, 0.29) is 48.7 Å². The zero-order chi connectivity index (χ0) is 45.4. The minimum absolute atomic E-state index is 0.0493. The van der Waals surface area contributed by atoms with Crippen LogP contribution in [0.5, 0.6) is 17.2 Å². The van der Waals surface area contributed by atoms with Gasteiger partial charge in [-0.15, -0.1) is 0 Å². The van der Waals surface area contributed by atoms with Gasteiger partial charge in [-0.25, -0.2) is 0 Å². The first-order chi connectivity index (χ1) is 25.4. The van der Waals surface area contributed by atoms with E-state index in [1.807, 2.05) is 0 Å². The van der Waals surface area contributed by atoms with Crippen molar-refractivity contribution in [2.24, 2.45) is 0 Å². The lowest BCUT2D eigenvalue weighted by Crippen LogP contribution is -2.25. The molecular weight excluding hydrogens is 728 g/mol. The van der Waals surface area contributed by atoms with Crippen molar-refractivity contribution in [1.82, 2.24) is 0 Å². The molecule has 4 heteroatoms. The van der Waals surface area contributed by atoms with Gasteiger partial charge >= 0.3 is 8.60 Å². The second kappa shape index (κ2) is 15.8. The Kier molecular flexibility index (Phi) is 13.5. The highest BCUT2D eigenvalue weighted by atomic mass is 31.2. The van der Waals surface area contributed by atoms with Crippen molar-refractivity contribution in [3.63, 3.8) is 0 Å². The zero-order valence-corrected chi connectivity index (χ0v) is 43.5. The summed E-state index contributed by atoms with van der Waals surface area (Å²) in [5.74, 6) is 2.59. The van der Waals surface area contributed by atoms with Gasteiger partial charge < -0.3 is 13.6 Å². The molecule has 3 aromatic carbocycles. The maximum Gasteiger partial charge on any atom is 0.530 e. The van der Waals surface area contributed by atoms with Crippen molar-refractivity contribution >= 4 is 8.60 Å². The molecule has 0 unspecified atom stereocenters. The first kappa shape index (κ1) is 49.8. The third kappa shape index (κ3) is 11.9. The fourth-order valence-corrected chi connectivity index (χ4v) is 8.25. The van der Waals surface area contributed by atoms with Gasteiger partial charge in [-0.3, -0.25) is 0 Å². The monoisotopic (exact) mass is 815 g/mol. The fraction of sp³-hybridized carbons (Fsp3) is 0.667. The Hall–Kier alpha value is -2.51. The van der Waals surface area contributed by atoms with Gasteiger partial charge in [0.05, 0.1) is 0 Å². The standard InChI is InChI=1S/C54H87O3P/c1-46(2,3)34-28-37(49(10,11)12)43(38(29-34)50(13,14)15)55-58(56-44-39(51(16,17)18)30-35(47(4,5)6)31-40(44)52(19,20)21)57-45-41(53(22,23)24)32-36(48(7,8)9)33-42(45)54(25,26)27/h28-33H,1-27H3. The summed E-state index contributed by atoms with van der Waals surface area (Å²) in [5, 5.41) is 0. The first-order valence-electron chi connectivity index (χ1n) is 21.9. The summed E-state index contributed by atoms with van der Waals surface area (Å²) in [4.78, 5) is 0. The van der Waals surface area contributed by atoms with Gasteiger partial charge in [-0.1, -0.05) is 223 Å². The van der Waals surface area contributed by atoms with E-state index in [0.717, 1.165) is 50.6 Å². The molecule has 0 spiro atoms. The minimum atomic E-state index is -2.08. The Morgan fingerprint density at radius 3 is 0.483 bits per heavy atom. The number of hydrogen-bond donors (Lipinski definition) is 0. The van der Waals surface area contributed by atoms with Crippen LogP contribution in [0.2, 0.25) is 0 Å². The van der Waals surface area contributed by atoms with Gasteiger partial charge in [-0.05, 0) is 65.4 Å². The van der Waals surface area contributed by atoms with Gasteiger partial charge in [0.1, 0.15) is 17.2 Å². The first-order valence-corrected chi connectivity index (χ1v) is 23.0. The average molecular weight is 815 g/mol. The molecule has 0 fully saturated rings. The van der Waals surface area contributed by atoms with Crippen molar-refractivity contribution in [3.8, 4) is 17.2 Å². The molecule has 3 aromatic rings. The molecule has 3 rings (SSSR count). The molecule has 58 heavy (non-hydrogen) atoms. The Morgan fingerprint density at radius 2 is 0.379 bits per heavy atom. The predicted molar refractivity (Wildman–Crippen MR) is 256 cm³/mol. The lowest BCUT2D eigenvalue weighted by Gasteiger charge is -2.37. The number of hydrogen-bond acceptors (Lipinski definition) is 3. The maximum absolute atomic E-state index is 7.59. The van der Waals surface area contributed by atoms with Crippen molar-refractivity contribution in [2.75, 3.05) is 0 Å². The van der Waals surface area contributed by atoms with Crippen molar-refractivity contribution in [3.05, 3.63) is 86.5 Å². The van der Waals surface area contributed by atoms with Crippen LogP contribution >= 0.6 is 8.60 Å². The third-order valence-electron chi connectivity index (χ3n) is 11.2. The van der Waals surface area contributed by atoms with E-state index in [1.165, 1.54) is 16.7 Å². The van der Waals surface area contributed by atoms with Crippen LogP contribution in [0.4, 0.5) is 0 Å². The van der Waals surface area contributed by atoms with Crippen LogP contribution in [-0.4, -0.2) is 0 Å². The van der Waals surface area contributed by atoms with Gasteiger partial charge in [0.2, 0.25) is 0 Å². The van der Waals surface area contributed by atoms with E-state index in [1.54, 1.807) is 0 Å². The minimum Gasteiger partial charge on any atom is -0.408 e. The Morgan fingerprint density at radius 1 is 0.241 bits per heavy atom. The molecule has 326 valence electrons. The van der Waals surface area contributed by atoms with E-state index in [4.69, 9.17) is 13.6 Å². The maximum atomic E-state index is 7.59. The molecule has 0 saturated carbocycles. The van der Waals surface area contributed by atoms with Crippen LogP contribution in [0.15, 0.2) is 36.4 Å². The third-order valence-corrected chi connectivity index (χ3v) is 12.2. The summed E-state index contributed by atoms with van der Waals surface area (Å²) >= 11 is 0. The van der Waals surface area contributed by atoms with Gasteiger partial charge in [-0.2, -0.15) is 0 Å². The molecule has 0 aromatic heterocycles. The molecule has 0 radical (unpaired) electrons. The van der Waals surface area contributed by atoms with E-state index < -0.39 is 8.60 Å². The van der Waals surface area contributed by atoms with E-state index in [0.29, 0.717) is 0 Å². The van der Waals surface area contributed by atoms with Gasteiger partial charge in [0.25, 0.3) is 0 Å². The summed E-state index contributed by atoms with van der Waals surface area (Å²) in [7, 11) is -2.08. The summed E-state index contributed by atoms with van der Waals surface area (Å²) in [5.41, 5.74) is 9.39. The van der Waals surface area contributed by atoms with Crippen molar-refractivity contribution < 1.29 is 13.6 Å². The molecule has 0 saturated heterocycles. The van der Waals surface area contributed by atoms with E-state index in [9.17, 15) is 0 Å². The van der Waals surface area contributed by atoms with Crippen LogP contribution in [0.25, 0.3) is 0 Å². The quantitative estimate of drug-likeness (QED) is 0.232. The molecule has 0 aliphatic heterocycles. The summed E-state index contributed by atoms with van der Waals surface area (Å²) < 4.78 is 22.8. The average Bonchev–Trinajstić information content (AvgIpc) is 2.96. The molecular formula is C54H87O3P. The highest BCUT2D eigenvalue weighted by molar-refractivity contribution is 7.43. The number of rotatable bonds is 6. The van der Waals surface area contributed by atoms with Crippen LogP contribution in [0.3, 0.4) is 0 Å². The zero-order valence-electron chi connectivity index (χ0n) is 42.6. The van der Waals surface area contributed by atoms with Gasteiger partial charge in [0.15, 0.2) is 0 Å². The summed E-state index contributed by atoms with van der Waals surface area (Å²) in [6.07, 6.45) is 0. The molecule has 0 bridgehead atoms. The van der Waals surface area contributed by atoms with Crippen molar-refractivity contribution in [1.29, 1.82) is 0 Å². The molecule has 0 amide bonds. The lowest BCUT2D eigenvalue weighted by atomic mass is 9.75. The van der Waals surface area contributed by atoms with E-state index >= 15 is 0 Å². The predicted octanol–water partition coefficient (Wildman–Crippen LogP) is 17.1. The van der Waals surface area contributed by atoms with E-state index in [2.05, 4.69) is 223 Å². The van der Waals surface area contributed by atoms with Crippen LogP contribution in [-0.2, 0) is 48.7 Å². The molecule has 0 heterocycles. The molecule has 3 nitrogen and oxygen atoms in total. The molecule has 0 aliphatic rings. The number of benzene rings is 3. The Balaban J connectivity index is 2.66. The largest absolute Gasteiger partial charge is 0.530 e. The summed E-state index contributed by atoms with van der Waals surface area (Å²) in [6.45, 7) is 61.9. The molecule has 0 aliphatic carbocycles. The SMILES string of the molecule is CC(C)(C)c1cc(C(C)(C)C)c(OP(Oc2c(C(C)(C)C)cc(C(C)(C)C)cc2C(C)(C)C)Oc2c(C(C)(C)C)cc(C(C)(C)C)cc2C(C)(C)C)c(C(C)(C)C)c1. The fourth-order valence-electron chi connectivity index (χ4n) is 7.10. The Bertz CT molecular complexity index is 1600. The van der Waals surface area contributed by atoms with Crippen LogP contribution in [0.1, 0.15) is 237 Å². The smallest absolute Gasteiger partial charge is 0.408 e. The Labute approximate surface area is 360 Å². The summed E-state index contributed by atoms with van der Waals surface area (Å²) in [6, 6.07) is 14.2. The molecule has 0 atom stereocenters. The van der Waals surface area contributed by atoms with Crippen LogP contribution in [0, 0.1) is 0 Å². The topological polar surface area (TPSA) is 27.7 Å². The second-order valence-electron chi connectivity index (χ2n) is 26.4. The molecule has 0 N–H and O–H groups in total. The lowest BCUT2D eigenvalue weighted by molar-refractivity contribution is 0.356. The normalized spacial score (nSPS) is 14.3. The highest BCUT2D eigenvalue weighted by Crippen LogP contribution is 2.56. The highest BCUT2D eigenvalue weighted by Gasteiger charge is 2.39. The second-order valence-corrected chi connectivity index (χ2v) is 27.4. The van der Waals surface area contributed by atoms with Gasteiger partial charge in [0, 0.05) is 33.4 Å². The van der Waals surface area contributed by atoms with Crippen LogP contribution < -0.4 is 13.6 Å².